The summed E-state index contributed by atoms with van der Waals surface area (Å²) in [6.07, 6.45) is 1.03. The second kappa shape index (κ2) is 15.5. The van der Waals surface area contributed by atoms with Crippen molar-refractivity contribution < 1.29 is 53.4 Å². The van der Waals surface area contributed by atoms with Crippen LogP contribution in [0.2, 0.25) is 0 Å². The zero-order valence-electron chi connectivity index (χ0n) is 27.8. The summed E-state index contributed by atoms with van der Waals surface area (Å²) in [7, 11) is 0. The SMILES string of the molecule is CC(C)(C)c1c[c-]c2c(c1)-c1cc(C(C)(C)C)ccc1C2.Cc1cc(C(C)(C)C)c(C)[cH-]1.Fc1ccc([CH]=[Zr+2])cc1.[Cl-].[Cl-]. The maximum Gasteiger partial charge on any atom is -1.00 e. The van der Waals surface area contributed by atoms with Crippen LogP contribution in [0, 0.1) is 25.7 Å². The Balaban J connectivity index is 0.000000356. The molecular weight excluding hydrogens is 650 g/mol. The first-order chi connectivity index (χ1) is 18.9. The van der Waals surface area contributed by atoms with Crippen molar-refractivity contribution in [1.82, 2.24) is 0 Å². The molecule has 0 aliphatic heterocycles. The van der Waals surface area contributed by atoms with Crippen LogP contribution in [0.25, 0.3) is 11.1 Å². The molecule has 0 saturated heterocycles. The topological polar surface area (TPSA) is 0 Å². The van der Waals surface area contributed by atoms with Crippen LogP contribution in [0.3, 0.4) is 0 Å². The van der Waals surface area contributed by atoms with Gasteiger partial charge < -0.3 is 24.8 Å². The van der Waals surface area contributed by atoms with Gasteiger partial charge in [0.2, 0.25) is 0 Å². The Labute approximate surface area is 288 Å². The van der Waals surface area contributed by atoms with E-state index in [0.29, 0.717) is 5.41 Å². The summed E-state index contributed by atoms with van der Waals surface area (Å²) < 4.78 is 14.2. The van der Waals surface area contributed by atoms with Crippen molar-refractivity contribution >= 4 is 3.71 Å². The van der Waals surface area contributed by atoms with Gasteiger partial charge in [0.25, 0.3) is 0 Å². The van der Waals surface area contributed by atoms with E-state index < -0.39 is 0 Å². The minimum atomic E-state index is -0.170. The van der Waals surface area contributed by atoms with Gasteiger partial charge in [-0.2, -0.15) is 52.1 Å². The average molecular weight is 697 g/mol. The van der Waals surface area contributed by atoms with Crippen LogP contribution < -0.4 is 24.8 Å². The summed E-state index contributed by atoms with van der Waals surface area (Å²) in [5.41, 5.74) is 14.4. The van der Waals surface area contributed by atoms with Gasteiger partial charge in [-0.05, 0) is 17.4 Å². The van der Waals surface area contributed by atoms with Gasteiger partial charge in [0, 0.05) is 0 Å². The molecule has 0 spiro atoms. The molecular formula is C39H47Cl2FZr-2. The van der Waals surface area contributed by atoms with Gasteiger partial charge in [-0.3, -0.25) is 0 Å². The van der Waals surface area contributed by atoms with E-state index in [1.54, 1.807) is 12.1 Å². The zero-order valence-corrected chi connectivity index (χ0v) is 31.7. The van der Waals surface area contributed by atoms with Gasteiger partial charge in [0.15, 0.2) is 0 Å². The number of hydrogen-bond acceptors (Lipinski definition) is 0. The van der Waals surface area contributed by atoms with Gasteiger partial charge in [0.05, 0.1) is 0 Å². The molecule has 0 amide bonds. The number of benzene rings is 3. The minimum Gasteiger partial charge on any atom is -1.00 e. The summed E-state index contributed by atoms with van der Waals surface area (Å²) in [5, 5.41) is 0. The molecule has 0 aromatic heterocycles. The fraction of sp³-hybridized carbons (Fsp3) is 0.385. The maximum atomic E-state index is 12.2. The van der Waals surface area contributed by atoms with Crippen molar-refractivity contribution in [2.45, 2.75) is 98.8 Å². The van der Waals surface area contributed by atoms with E-state index in [1.165, 1.54) is 86.4 Å². The first-order valence-electron chi connectivity index (χ1n) is 14.6. The number of aryl methyl sites for hydroxylation is 2. The minimum absolute atomic E-state index is 0. The van der Waals surface area contributed by atoms with Crippen LogP contribution in [0.1, 0.15) is 107 Å². The Morgan fingerprint density at radius 2 is 1.30 bits per heavy atom. The van der Waals surface area contributed by atoms with Crippen molar-refractivity contribution in [3.05, 3.63) is 123 Å². The fourth-order valence-electron chi connectivity index (χ4n) is 5.15. The molecule has 4 aromatic carbocycles. The first-order valence-corrected chi connectivity index (χ1v) is 16.0. The van der Waals surface area contributed by atoms with Crippen LogP contribution >= 0.6 is 0 Å². The molecule has 0 heterocycles. The summed E-state index contributed by atoms with van der Waals surface area (Å²) in [6, 6.07) is 26.1. The summed E-state index contributed by atoms with van der Waals surface area (Å²) in [4.78, 5) is 0. The third kappa shape index (κ3) is 10.7. The molecule has 4 aromatic rings. The third-order valence-corrected chi connectivity index (χ3v) is 8.43. The number of rotatable bonds is 1. The average Bonchev–Trinajstić information content (AvgIpc) is 3.42. The van der Waals surface area contributed by atoms with Gasteiger partial charge in [-0.1, -0.05) is 116 Å². The van der Waals surface area contributed by atoms with Gasteiger partial charge >= 0.3 is 68.0 Å². The van der Waals surface area contributed by atoms with Gasteiger partial charge in [-0.15, -0.1) is 5.56 Å². The van der Waals surface area contributed by atoms with Gasteiger partial charge in [0.1, 0.15) is 0 Å². The molecule has 0 unspecified atom stereocenters. The van der Waals surface area contributed by atoms with Gasteiger partial charge in [-0.25, -0.2) is 6.07 Å². The molecule has 43 heavy (non-hydrogen) atoms. The van der Waals surface area contributed by atoms with E-state index in [-0.39, 0.29) is 41.5 Å². The second-order valence-corrected chi connectivity index (χ2v) is 15.1. The Morgan fingerprint density at radius 3 is 1.74 bits per heavy atom. The number of halogens is 3. The van der Waals surface area contributed by atoms with Crippen molar-refractivity contribution in [1.29, 1.82) is 0 Å². The van der Waals surface area contributed by atoms with Crippen LogP contribution in [-0.4, -0.2) is 3.71 Å². The fourth-order valence-corrected chi connectivity index (χ4v) is 5.63. The van der Waals surface area contributed by atoms with Crippen LogP contribution in [-0.2, 0) is 46.9 Å². The Morgan fingerprint density at radius 1 is 0.744 bits per heavy atom. The van der Waals surface area contributed by atoms with Crippen molar-refractivity contribution in [3.8, 4) is 11.1 Å². The molecule has 1 aliphatic carbocycles. The van der Waals surface area contributed by atoms with Crippen LogP contribution in [0.4, 0.5) is 4.39 Å². The third-order valence-electron chi connectivity index (χ3n) is 7.61. The maximum absolute atomic E-state index is 12.2. The monoisotopic (exact) mass is 694 g/mol. The first kappa shape index (κ1) is 39.3. The zero-order chi connectivity index (χ0) is 30.8. The van der Waals surface area contributed by atoms with E-state index >= 15 is 0 Å². The predicted molar refractivity (Wildman–Crippen MR) is 173 cm³/mol. The molecule has 0 N–H and O–H groups in total. The summed E-state index contributed by atoms with van der Waals surface area (Å²) in [5.74, 6) is -0.170. The van der Waals surface area contributed by atoms with E-state index in [1.807, 2.05) is 3.71 Å². The smallest absolute Gasteiger partial charge is 1.00 e. The molecule has 4 heteroatoms. The molecule has 0 saturated carbocycles. The number of fused-ring (bicyclic) bond motifs is 3. The van der Waals surface area contributed by atoms with Crippen LogP contribution in [0.15, 0.2) is 66.7 Å². The summed E-state index contributed by atoms with van der Waals surface area (Å²) >= 11 is 1.34. The van der Waals surface area contributed by atoms with E-state index in [9.17, 15) is 4.39 Å². The van der Waals surface area contributed by atoms with E-state index in [2.05, 4.69) is 125 Å². The molecule has 5 rings (SSSR count). The Kier molecular flexibility index (Phi) is 14.2. The van der Waals surface area contributed by atoms with Crippen molar-refractivity contribution in [2.24, 2.45) is 0 Å². The Bertz CT molecular complexity index is 1430. The largest absolute Gasteiger partial charge is 1.00 e. The Hall–Kier alpha value is -1.73. The van der Waals surface area contributed by atoms with E-state index in [4.69, 9.17) is 0 Å². The van der Waals surface area contributed by atoms with Crippen LogP contribution in [0.5, 0.6) is 0 Å². The normalized spacial score (nSPS) is 11.9. The molecule has 0 bridgehead atoms. The predicted octanol–water partition coefficient (Wildman–Crippen LogP) is 4.50. The van der Waals surface area contributed by atoms with Crippen molar-refractivity contribution in [2.75, 3.05) is 0 Å². The van der Waals surface area contributed by atoms with E-state index in [0.717, 1.165) is 12.0 Å². The standard InChI is InChI=1S/C21H25.C11H17.C7H5F.2ClH.Zr/c1-20(2,3)16-9-7-14-11-15-8-10-17(21(4,5)6)13-19(15)18(14)12-16;1-8-6-9(2)10(7-8)11(3,4)5;1-6-2-4-7(8)5-3-6;;;/h7,9-10,12-13H,11H2,1-6H3;6-7H,1-5H3;1-5H;2*1H;/q2*-1;;;;+2/p-2. The molecule has 0 radical (unpaired) electrons. The second-order valence-electron chi connectivity index (χ2n) is 14.4. The quantitative estimate of drug-likeness (QED) is 0.227. The van der Waals surface area contributed by atoms with Crippen molar-refractivity contribution in [3.63, 3.8) is 0 Å². The molecule has 1 aliphatic rings. The number of hydrogen-bond donors (Lipinski definition) is 0. The molecule has 230 valence electrons. The molecule has 0 nitrogen and oxygen atoms in total. The molecule has 0 fully saturated rings. The molecule has 0 atom stereocenters. The summed E-state index contributed by atoms with van der Waals surface area (Å²) in [6.45, 7) is 24.8.